The zero-order chi connectivity index (χ0) is 14.9. The minimum absolute atomic E-state index is 0.360. The topological polar surface area (TPSA) is 49.3 Å². The molecule has 0 heterocycles. The lowest BCUT2D eigenvalue weighted by Gasteiger charge is -2.08. The van der Waals surface area contributed by atoms with Crippen LogP contribution in [-0.4, -0.2) is 11.0 Å². The monoisotopic (exact) mass is 393 g/mol. The van der Waals surface area contributed by atoms with Crippen LogP contribution in [0.15, 0.2) is 30.3 Å². The molecule has 0 fully saturated rings. The molecule has 0 bridgehead atoms. The fourth-order valence-electron chi connectivity index (χ4n) is 1.49. The van der Waals surface area contributed by atoms with E-state index in [0.29, 0.717) is 11.8 Å². The summed E-state index contributed by atoms with van der Waals surface area (Å²) in [5, 5.41) is 11.4. The van der Waals surface area contributed by atoms with Crippen molar-refractivity contribution in [3.8, 4) is 5.75 Å². The Morgan fingerprint density at radius 3 is 2.30 bits per heavy atom. The SMILES string of the molecule is O=C(Nc1ccc(I)cc1)c1cc(F)c(F)c(O)c1F. The summed E-state index contributed by atoms with van der Waals surface area (Å²) < 4.78 is 40.5. The summed E-state index contributed by atoms with van der Waals surface area (Å²) in [7, 11) is 0. The third-order valence-corrected chi connectivity index (χ3v) is 3.20. The van der Waals surface area contributed by atoms with Crippen LogP contribution in [0.5, 0.6) is 5.75 Å². The summed E-state index contributed by atoms with van der Waals surface area (Å²) in [6, 6.07) is 6.94. The first-order valence-electron chi connectivity index (χ1n) is 5.33. The molecule has 0 saturated carbocycles. The van der Waals surface area contributed by atoms with E-state index >= 15 is 0 Å². The molecule has 0 aliphatic heterocycles. The van der Waals surface area contributed by atoms with E-state index in [9.17, 15) is 18.0 Å². The summed E-state index contributed by atoms with van der Waals surface area (Å²) in [6.45, 7) is 0. The standard InChI is InChI=1S/C13H7F3INO2/c14-9-5-8(10(15)12(19)11(9)16)13(20)18-7-3-1-6(17)2-4-7/h1-5,19H,(H,18,20). The highest BCUT2D eigenvalue weighted by Crippen LogP contribution is 2.26. The number of aromatic hydroxyl groups is 1. The molecule has 2 aromatic carbocycles. The quantitative estimate of drug-likeness (QED) is 0.605. The highest BCUT2D eigenvalue weighted by atomic mass is 127. The number of amides is 1. The van der Waals surface area contributed by atoms with Crippen molar-refractivity contribution in [1.82, 2.24) is 0 Å². The lowest BCUT2D eigenvalue weighted by atomic mass is 10.1. The number of hydrogen-bond acceptors (Lipinski definition) is 2. The predicted molar refractivity (Wildman–Crippen MR) is 75.1 cm³/mol. The van der Waals surface area contributed by atoms with Gasteiger partial charge in [-0.2, -0.15) is 4.39 Å². The van der Waals surface area contributed by atoms with Gasteiger partial charge in [-0.15, -0.1) is 0 Å². The molecule has 7 heteroatoms. The third kappa shape index (κ3) is 2.87. The maximum atomic E-state index is 13.5. The number of carbonyl (C=O) groups is 1. The smallest absolute Gasteiger partial charge is 0.258 e. The number of benzene rings is 2. The van der Waals surface area contributed by atoms with Crippen molar-refractivity contribution in [2.45, 2.75) is 0 Å². The minimum atomic E-state index is -1.73. The van der Waals surface area contributed by atoms with E-state index in [1.807, 2.05) is 0 Å². The number of phenols is 1. The Kier molecular flexibility index (Phi) is 4.17. The van der Waals surface area contributed by atoms with E-state index in [-0.39, 0.29) is 0 Å². The molecule has 1 amide bonds. The van der Waals surface area contributed by atoms with Crippen LogP contribution in [0.1, 0.15) is 10.4 Å². The predicted octanol–water partition coefficient (Wildman–Crippen LogP) is 3.67. The van der Waals surface area contributed by atoms with Gasteiger partial charge in [0.25, 0.3) is 5.91 Å². The molecule has 0 atom stereocenters. The number of anilines is 1. The van der Waals surface area contributed by atoms with Gasteiger partial charge in [-0.05, 0) is 52.9 Å². The summed E-state index contributed by atoms with van der Waals surface area (Å²) >= 11 is 2.06. The molecule has 0 saturated heterocycles. The zero-order valence-corrected chi connectivity index (χ0v) is 11.9. The van der Waals surface area contributed by atoms with Gasteiger partial charge in [-0.25, -0.2) is 8.78 Å². The molecule has 3 nitrogen and oxygen atoms in total. The molecule has 0 aliphatic rings. The molecule has 104 valence electrons. The van der Waals surface area contributed by atoms with Crippen LogP contribution in [-0.2, 0) is 0 Å². The van der Waals surface area contributed by atoms with Gasteiger partial charge in [0.1, 0.15) is 0 Å². The maximum Gasteiger partial charge on any atom is 0.258 e. The van der Waals surface area contributed by atoms with Crippen molar-refractivity contribution >= 4 is 34.2 Å². The van der Waals surface area contributed by atoms with Crippen LogP contribution in [0.4, 0.5) is 18.9 Å². The number of rotatable bonds is 2. The number of halogens is 4. The first kappa shape index (κ1) is 14.6. The average molecular weight is 393 g/mol. The first-order chi connectivity index (χ1) is 9.40. The van der Waals surface area contributed by atoms with Crippen molar-refractivity contribution in [2.24, 2.45) is 0 Å². The molecule has 0 radical (unpaired) electrons. The van der Waals surface area contributed by atoms with Gasteiger partial charge in [-0.1, -0.05) is 0 Å². The summed E-state index contributed by atoms with van der Waals surface area (Å²) in [5.74, 6) is -7.24. The maximum absolute atomic E-state index is 13.5. The molecular formula is C13H7F3INO2. The van der Waals surface area contributed by atoms with Crippen molar-refractivity contribution < 1.29 is 23.1 Å². The average Bonchev–Trinajstić information content (AvgIpc) is 2.43. The normalized spacial score (nSPS) is 10.4. The van der Waals surface area contributed by atoms with Gasteiger partial charge >= 0.3 is 0 Å². The van der Waals surface area contributed by atoms with E-state index in [0.717, 1.165) is 3.57 Å². The third-order valence-electron chi connectivity index (χ3n) is 2.48. The molecule has 0 unspecified atom stereocenters. The number of carbonyl (C=O) groups excluding carboxylic acids is 1. The minimum Gasteiger partial charge on any atom is -0.503 e. The Hall–Kier alpha value is -1.77. The van der Waals surface area contributed by atoms with Gasteiger partial charge in [0.05, 0.1) is 5.56 Å². The van der Waals surface area contributed by atoms with Gasteiger partial charge < -0.3 is 10.4 Å². The van der Waals surface area contributed by atoms with E-state index in [1.165, 1.54) is 0 Å². The summed E-state index contributed by atoms with van der Waals surface area (Å²) in [6.07, 6.45) is 0. The van der Waals surface area contributed by atoms with E-state index < -0.39 is 34.7 Å². The van der Waals surface area contributed by atoms with Gasteiger partial charge in [0, 0.05) is 9.26 Å². The molecule has 0 aliphatic carbocycles. The van der Waals surface area contributed by atoms with Crippen LogP contribution in [0, 0.1) is 21.0 Å². The highest BCUT2D eigenvalue weighted by molar-refractivity contribution is 14.1. The fraction of sp³-hybridized carbons (Fsp3) is 0. The second-order valence-electron chi connectivity index (χ2n) is 3.84. The Morgan fingerprint density at radius 1 is 1.10 bits per heavy atom. The highest BCUT2D eigenvalue weighted by Gasteiger charge is 2.22. The van der Waals surface area contributed by atoms with Crippen molar-refractivity contribution in [3.05, 3.63) is 56.9 Å². The van der Waals surface area contributed by atoms with Crippen molar-refractivity contribution in [1.29, 1.82) is 0 Å². The Morgan fingerprint density at radius 2 is 1.70 bits per heavy atom. The van der Waals surface area contributed by atoms with Crippen LogP contribution < -0.4 is 5.32 Å². The molecule has 0 spiro atoms. The van der Waals surface area contributed by atoms with Crippen LogP contribution in [0.25, 0.3) is 0 Å². The number of phenolic OH excluding ortho intramolecular Hbond substituents is 1. The van der Waals surface area contributed by atoms with E-state index in [2.05, 4.69) is 27.9 Å². The second kappa shape index (κ2) is 5.70. The molecule has 2 N–H and O–H groups in total. The molecule has 20 heavy (non-hydrogen) atoms. The van der Waals surface area contributed by atoms with Gasteiger partial charge in [0.2, 0.25) is 5.82 Å². The fourth-order valence-corrected chi connectivity index (χ4v) is 1.85. The van der Waals surface area contributed by atoms with Crippen LogP contribution in [0.2, 0.25) is 0 Å². The number of hydrogen-bond donors (Lipinski definition) is 2. The lowest BCUT2D eigenvalue weighted by molar-refractivity contribution is 0.102. The summed E-state index contributed by atoms with van der Waals surface area (Å²) in [5.41, 5.74) is -0.418. The summed E-state index contributed by atoms with van der Waals surface area (Å²) in [4.78, 5) is 11.8. The molecule has 2 rings (SSSR count). The molecular weight excluding hydrogens is 386 g/mol. The second-order valence-corrected chi connectivity index (χ2v) is 5.09. The zero-order valence-electron chi connectivity index (χ0n) is 9.75. The first-order valence-corrected chi connectivity index (χ1v) is 6.41. The van der Waals surface area contributed by atoms with Crippen LogP contribution >= 0.6 is 22.6 Å². The Labute approximate surface area is 125 Å². The van der Waals surface area contributed by atoms with E-state index in [4.69, 9.17) is 5.11 Å². The Balaban J connectivity index is 2.32. The number of nitrogens with one attached hydrogen (secondary N) is 1. The molecule has 0 aromatic heterocycles. The van der Waals surface area contributed by atoms with Crippen LogP contribution in [0.3, 0.4) is 0 Å². The molecule has 2 aromatic rings. The lowest BCUT2D eigenvalue weighted by Crippen LogP contribution is -2.15. The Bertz CT molecular complexity index is 674. The largest absolute Gasteiger partial charge is 0.503 e. The van der Waals surface area contributed by atoms with Gasteiger partial charge in [0.15, 0.2) is 17.4 Å². The van der Waals surface area contributed by atoms with E-state index in [1.54, 1.807) is 24.3 Å². The van der Waals surface area contributed by atoms with Crippen molar-refractivity contribution in [2.75, 3.05) is 5.32 Å². The van der Waals surface area contributed by atoms with Crippen molar-refractivity contribution in [3.63, 3.8) is 0 Å². The van der Waals surface area contributed by atoms with Gasteiger partial charge in [-0.3, -0.25) is 4.79 Å².